The number of allylic oxidation sites excluding steroid dienone is 2. The summed E-state index contributed by atoms with van der Waals surface area (Å²) in [6, 6.07) is 0.729. The van der Waals surface area contributed by atoms with Crippen molar-refractivity contribution in [2.75, 3.05) is 13.1 Å². The Morgan fingerprint density at radius 3 is 2.76 bits per heavy atom. The summed E-state index contributed by atoms with van der Waals surface area (Å²) < 4.78 is 0. The zero-order valence-electron chi connectivity index (χ0n) is 12.7. The number of piperidine rings is 1. The van der Waals surface area contributed by atoms with Crippen molar-refractivity contribution in [3.8, 4) is 0 Å². The van der Waals surface area contributed by atoms with E-state index in [2.05, 4.69) is 44.4 Å². The number of nitrogens with one attached hydrogen (secondary N) is 3. The molecule has 1 aliphatic carbocycles. The molecule has 21 heavy (non-hydrogen) atoms. The lowest BCUT2D eigenvalue weighted by atomic mass is 9.91. The van der Waals surface area contributed by atoms with Gasteiger partial charge in [-0.05, 0) is 44.7 Å². The molecule has 0 aromatic carbocycles. The van der Waals surface area contributed by atoms with Crippen LogP contribution in [0.5, 0.6) is 0 Å². The standard InChI is InChI=1S/C16H27N5/c1-2-8-14(20-21-16-10-4-6-12-18-16)13(7-1)19-15-9-3-5-11-17-15/h3,5,9,13-14,16-19H,1-2,4,6-8,10-12H2. The monoisotopic (exact) mass is 289 g/mol. The third-order valence-electron chi connectivity index (χ3n) is 4.52. The Labute approximate surface area is 127 Å². The first-order valence-corrected chi connectivity index (χ1v) is 8.42. The van der Waals surface area contributed by atoms with Gasteiger partial charge in [0.2, 0.25) is 0 Å². The van der Waals surface area contributed by atoms with Gasteiger partial charge < -0.3 is 10.6 Å². The van der Waals surface area contributed by atoms with Gasteiger partial charge in [0.1, 0.15) is 6.17 Å². The third-order valence-corrected chi connectivity index (χ3v) is 4.52. The summed E-state index contributed by atoms with van der Waals surface area (Å²) in [5.74, 6) is 1.13. The molecule has 2 aliphatic heterocycles. The van der Waals surface area contributed by atoms with Crippen molar-refractivity contribution in [2.24, 2.45) is 10.2 Å². The van der Waals surface area contributed by atoms with Crippen molar-refractivity contribution in [2.45, 2.75) is 63.2 Å². The van der Waals surface area contributed by atoms with Crippen molar-refractivity contribution >= 4 is 0 Å². The van der Waals surface area contributed by atoms with E-state index in [4.69, 9.17) is 0 Å². The number of hydrogen-bond acceptors (Lipinski definition) is 5. The number of nitrogens with zero attached hydrogens (tertiary/aromatic N) is 2. The Bertz CT molecular complexity index is 409. The molecule has 0 amide bonds. The normalized spacial score (nSPS) is 33.5. The van der Waals surface area contributed by atoms with Crippen molar-refractivity contribution in [1.29, 1.82) is 0 Å². The van der Waals surface area contributed by atoms with Crippen LogP contribution in [0.1, 0.15) is 44.9 Å². The molecule has 3 aliphatic rings. The van der Waals surface area contributed by atoms with Gasteiger partial charge in [-0.3, -0.25) is 5.32 Å². The van der Waals surface area contributed by atoms with Crippen LogP contribution in [0.3, 0.4) is 0 Å². The molecule has 3 unspecified atom stereocenters. The molecular weight excluding hydrogens is 262 g/mol. The van der Waals surface area contributed by atoms with E-state index in [0.717, 1.165) is 31.8 Å². The highest BCUT2D eigenvalue weighted by atomic mass is 15.2. The molecule has 0 aromatic rings. The van der Waals surface area contributed by atoms with Gasteiger partial charge in [0, 0.05) is 6.54 Å². The Hall–Kier alpha value is -1.36. The number of hydrogen-bond donors (Lipinski definition) is 3. The summed E-state index contributed by atoms with van der Waals surface area (Å²) >= 11 is 0. The second-order valence-electron chi connectivity index (χ2n) is 6.19. The van der Waals surface area contributed by atoms with Crippen LogP contribution in [-0.4, -0.2) is 31.3 Å². The lowest BCUT2D eigenvalue weighted by Crippen LogP contribution is -2.44. The van der Waals surface area contributed by atoms with Gasteiger partial charge in [-0.1, -0.05) is 25.0 Å². The minimum Gasteiger partial charge on any atom is -0.368 e. The predicted molar refractivity (Wildman–Crippen MR) is 84.9 cm³/mol. The molecule has 2 fully saturated rings. The predicted octanol–water partition coefficient (Wildman–Crippen LogP) is 2.44. The summed E-state index contributed by atoms with van der Waals surface area (Å²) in [6.07, 6.45) is 15.1. The third kappa shape index (κ3) is 4.30. The van der Waals surface area contributed by atoms with Crippen LogP contribution in [0.25, 0.3) is 0 Å². The fourth-order valence-corrected chi connectivity index (χ4v) is 3.27. The highest BCUT2D eigenvalue weighted by molar-refractivity contribution is 5.16. The maximum atomic E-state index is 4.68. The molecule has 0 spiro atoms. The van der Waals surface area contributed by atoms with E-state index in [1.807, 2.05) is 0 Å². The molecule has 0 aromatic heterocycles. The lowest BCUT2D eigenvalue weighted by molar-refractivity contribution is 0.319. The van der Waals surface area contributed by atoms with E-state index in [1.165, 1.54) is 32.1 Å². The van der Waals surface area contributed by atoms with Crippen LogP contribution < -0.4 is 16.0 Å². The highest BCUT2D eigenvalue weighted by Gasteiger charge is 2.26. The van der Waals surface area contributed by atoms with Gasteiger partial charge in [0.15, 0.2) is 0 Å². The van der Waals surface area contributed by atoms with Crippen LogP contribution in [0, 0.1) is 0 Å². The smallest absolute Gasteiger partial charge is 0.120 e. The maximum absolute atomic E-state index is 4.68. The Balaban J connectivity index is 1.56. The average Bonchev–Trinajstić information content (AvgIpc) is 2.56. The quantitative estimate of drug-likeness (QED) is 0.697. The highest BCUT2D eigenvalue weighted by Crippen LogP contribution is 2.23. The lowest BCUT2D eigenvalue weighted by Gasteiger charge is -2.31. The molecule has 5 heteroatoms. The average molecular weight is 289 g/mol. The van der Waals surface area contributed by atoms with Gasteiger partial charge in [0.25, 0.3) is 0 Å². The molecular formula is C16H27N5. The van der Waals surface area contributed by atoms with E-state index < -0.39 is 0 Å². The van der Waals surface area contributed by atoms with Gasteiger partial charge in [-0.15, -0.1) is 0 Å². The number of rotatable bonds is 4. The molecule has 2 heterocycles. The molecule has 0 bridgehead atoms. The summed E-state index contributed by atoms with van der Waals surface area (Å²) in [5.41, 5.74) is 0. The molecule has 3 N–H and O–H groups in total. The molecule has 116 valence electrons. The van der Waals surface area contributed by atoms with Crippen molar-refractivity contribution in [3.63, 3.8) is 0 Å². The SMILES string of the molecule is C1=CCNC(NC2CCCCC2N=NC2CCCCN2)=C1. The second kappa shape index (κ2) is 7.59. The minimum atomic E-state index is 0.247. The summed E-state index contributed by atoms with van der Waals surface area (Å²) in [5, 5.41) is 19.7. The van der Waals surface area contributed by atoms with E-state index in [1.54, 1.807) is 0 Å². The Kier molecular flexibility index (Phi) is 5.27. The zero-order valence-corrected chi connectivity index (χ0v) is 12.7. The summed E-state index contributed by atoms with van der Waals surface area (Å²) in [7, 11) is 0. The molecule has 3 atom stereocenters. The van der Waals surface area contributed by atoms with Crippen LogP contribution in [-0.2, 0) is 0 Å². The largest absolute Gasteiger partial charge is 0.368 e. The fourth-order valence-electron chi connectivity index (χ4n) is 3.27. The first-order chi connectivity index (χ1) is 10.4. The molecule has 5 nitrogen and oxygen atoms in total. The first kappa shape index (κ1) is 14.6. The number of dihydropyridines is 1. The fraction of sp³-hybridized carbons (Fsp3) is 0.750. The first-order valence-electron chi connectivity index (χ1n) is 8.42. The van der Waals surface area contributed by atoms with Crippen molar-refractivity contribution in [1.82, 2.24) is 16.0 Å². The van der Waals surface area contributed by atoms with Gasteiger partial charge in [-0.25, -0.2) is 0 Å². The van der Waals surface area contributed by atoms with Crippen molar-refractivity contribution < 1.29 is 0 Å². The van der Waals surface area contributed by atoms with E-state index in [0.29, 0.717) is 12.1 Å². The van der Waals surface area contributed by atoms with Gasteiger partial charge in [-0.2, -0.15) is 10.2 Å². The van der Waals surface area contributed by atoms with Crippen LogP contribution in [0.2, 0.25) is 0 Å². The van der Waals surface area contributed by atoms with Gasteiger partial charge >= 0.3 is 0 Å². The summed E-state index contributed by atoms with van der Waals surface area (Å²) in [4.78, 5) is 0. The maximum Gasteiger partial charge on any atom is 0.120 e. The van der Waals surface area contributed by atoms with E-state index in [9.17, 15) is 0 Å². The molecule has 1 saturated heterocycles. The van der Waals surface area contributed by atoms with Crippen LogP contribution in [0.15, 0.2) is 34.3 Å². The van der Waals surface area contributed by atoms with Gasteiger partial charge in [0.05, 0.1) is 17.9 Å². The van der Waals surface area contributed by atoms with Crippen LogP contribution >= 0.6 is 0 Å². The number of azo groups is 1. The second-order valence-corrected chi connectivity index (χ2v) is 6.19. The molecule has 3 rings (SSSR count). The zero-order chi connectivity index (χ0) is 14.3. The summed E-state index contributed by atoms with van der Waals surface area (Å²) in [6.45, 7) is 1.99. The minimum absolute atomic E-state index is 0.247. The Morgan fingerprint density at radius 1 is 1.05 bits per heavy atom. The van der Waals surface area contributed by atoms with E-state index >= 15 is 0 Å². The molecule has 1 saturated carbocycles. The topological polar surface area (TPSA) is 60.8 Å². The van der Waals surface area contributed by atoms with Crippen LogP contribution in [0.4, 0.5) is 0 Å². The van der Waals surface area contributed by atoms with E-state index in [-0.39, 0.29) is 6.17 Å². The molecule has 0 radical (unpaired) electrons. The Morgan fingerprint density at radius 2 is 1.95 bits per heavy atom. The van der Waals surface area contributed by atoms with Crippen molar-refractivity contribution in [3.05, 3.63) is 24.0 Å².